The maximum absolute atomic E-state index is 5.58. The van der Waals surface area contributed by atoms with Crippen molar-refractivity contribution < 1.29 is 0 Å². The lowest BCUT2D eigenvalue weighted by atomic mass is 9.84. The summed E-state index contributed by atoms with van der Waals surface area (Å²) in [4.78, 5) is 20.9. The van der Waals surface area contributed by atoms with Crippen LogP contribution >= 0.6 is 0 Å². The Kier molecular flexibility index (Phi) is 9.39. The molecule has 0 saturated carbocycles. The van der Waals surface area contributed by atoms with Crippen molar-refractivity contribution in [2.24, 2.45) is 4.99 Å². The number of dihydropyridines is 1. The van der Waals surface area contributed by atoms with Gasteiger partial charge in [0.25, 0.3) is 0 Å². The first-order valence-electron chi connectivity index (χ1n) is 24.2. The lowest BCUT2D eigenvalue weighted by molar-refractivity contribution is 0.809. The van der Waals surface area contributed by atoms with E-state index in [1.165, 1.54) is 54.8 Å². The molecule has 1 aliphatic heterocycles. The third-order valence-corrected chi connectivity index (χ3v) is 14.3. The zero-order chi connectivity index (χ0) is 46.9. The number of hydrogen-bond acceptors (Lipinski definition) is 4. The third-order valence-electron chi connectivity index (χ3n) is 14.3. The molecule has 0 N–H and O–H groups in total. The van der Waals surface area contributed by atoms with Crippen LogP contribution in [0.4, 0.5) is 0 Å². The van der Waals surface area contributed by atoms with Gasteiger partial charge in [-0.2, -0.15) is 0 Å². The number of fused-ring (bicyclic) bond motifs is 7. The minimum Gasteiger partial charge on any atom is -0.264 e. The van der Waals surface area contributed by atoms with Crippen LogP contribution in [-0.4, -0.2) is 20.7 Å². The molecule has 12 aromatic rings. The van der Waals surface area contributed by atoms with Crippen LogP contribution in [-0.2, 0) is 5.54 Å². The summed E-state index contributed by atoms with van der Waals surface area (Å²) in [5, 5.41) is 9.44. The fourth-order valence-corrected chi connectivity index (χ4v) is 10.7. The summed E-state index contributed by atoms with van der Waals surface area (Å²) in [6, 6.07) is 86.4. The molecule has 1 atom stereocenters. The number of nitrogens with zero attached hydrogens (tertiary/aromatic N) is 4. The maximum atomic E-state index is 5.58. The Hall–Kier alpha value is -9.38. The summed E-state index contributed by atoms with van der Waals surface area (Å²) in [5.74, 6) is 1.93. The molecule has 330 valence electrons. The van der Waals surface area contributed by atoms with Crippen molar-refractivity contribution in [3.8, 4) is 56.4 Å². The quantitative estimate of drug-likeness (QED) is 0.143. The van der Waals surface area contributed by atoms with Crippen molar-refractivity contribution in [1.29, 1.82) is 0 Å². The Morgan fingerprint density at radius 1 is 0.296 bits per heavy atom. The van der Waals surface area contributed by atoms with Crippen molar-refractivity contribution in [2.45, 2.75) is 5.54 Å². The summed E-state index contributed by atoms with van der Waals surface area (Å²) in [6.45, 7) is 0. The second-order valence-electron chi connectivity index (χ2n) is 18.5. The highest BCUT2D eigenvalue weighted by molar-refractivity contribution is 6.19. The molecule has 11 aromatic carbocycles. The second-order valence-corrected chi connectivity index (χ2v) is 18.5. The fourth-order valence-electron chi connectivity index (χ4n) is 10.7. The fraction of sp³-hybridized carbons (Fsp3) is 0.0149. The average molecular weight is 903 g/mol. The van der Waals surface area contributed by atoms with E-state index in [9.17, 15) is 0 Å². The minimum atomic E-state index is -0.536. The third kappa shape index (κ3) is 6.99. The van der Waals surface area contributed by atoms with Crippen molar-refractivity contribution in [2.75, 3.05) is 0 Å². The van der Waals surface area contributed by atoms with E-state index in [4.69, 9.17) is 19.9 Å². The predicted molar refractivity (Wildman–Crippen MR) is 294 cm³/mol. The summed E-state index contributed by atoms with van der Waals surface area (Å²) in [7, 11) is 0. The van der Waals surface area contributed by atoms with Gasteiger partial charge in [0.15, 0.2) is 17.5 Å². The molecular formula is C67H42N4. The molecule has 0 radical (unpaired) electrons. The van der Waals surface area contributed by atoms with Crippen LogP contribution in [0.25, 0.3) is 105 Å². The number of benzene rings is 11. The van der Waals surface area contributed by atoms with Gasteiger partial charge >= 0.3 is 0 Å². The first-order valence-corrected chi connectivity index (χ1v) is 24.2. The zero-order valence-electron chi connectivity index (χ0n) is 38.5. The summed E-state index contributed by atoms with van der Waals surface area (Å²) in [5.41, 5.74) is 14.0. The topological polar surface area (TPSA) is 51.0 Å². The van der Waals surface area contributed by atoms with Gasteiger partial charge in [-0.3, -0.25) is 4.99 Å². The first kappa shape index (κ1) is 40.7. The Balaban J connectivity index is 0.846. The number of aromatic nitrogens is 3. The van der Waals surface area contributed by atoms with Gasteiger partial charge in [0.1, 0.15) is 5.54 Å². The average Bonchev–Trinajstić information content (AvgIpc) is 4.21. The van der Waals surface area contributed by atoms with Crippen LogP contribution in [0, 0.1) is 0 Å². The van der Waals surface area contributed by atoms with Gasteiger partial charge in [-0.15, -0.1) is 0 Å². The predicted octanol–water partition coefficient (Wildman–Crippen LogP) is 16.5. The Morgan fingerprint density at radius 2 is 0.775 bits per heavy atom. The minimum absolute atomic E-state index is 0.536. The van der Waals surface area contributed by atoms with Gasteiger partial charge < -0.3 is 0 Å². The zero-order valence-corrected chi connectivity index (χ0v) is 38.5. The van der Waals surface area contributed by atoms with Gasteiger partial charge in [0, 0.05) is 16.7 Å². The van der Waals surface area contributed by atoms with Gasteiger partial charge in [-0.1, -0.05) is 218 Å². The molecule has 14 rings (SSSR count). The van der Waals surface area contributed by atoms with Crippen LogP contribution in [0.5, 0.6) is 0 Å². The highest BCUT2D eigenvalue weighted by atomic mass is 15.0. The number of allylic oxidation sites excluding steroid dienone is 1. The van der Waals surface area contributed by atoms with Gasteiger partial charge in [0.2, 0.25) is 0 Å². The Bertz CT molecular complexity index is 4120. The molecular weight excluding hydrogens is 861 g/mol. The molecule has 1 aromatic heterocycles. The maximum Gasteiger partial charge on any atom is 0.164 e. The largest absolute Gasteiger partial charge is 0.264 e. The van der Waals surface area contributed by atoms with Gasteiger partial charge in [0.05, 0.1) is 5.71 Å². The molecule has 0 saturated heterocycles. The molecule has 2 aliphatic rings. The molecule has 4 nitrogen and oxygen atoms in total. The van der Waals surface area contributed by atoms with Crippen LogP contribution in [0.15, 0.2) is 265 Å². The van der Waals surface area contributed by atoms with E-state index in [-0.39, 0.29) is 0 Å². The van der Waals surface area contributed by atoms with E-state index in [0.717, 1.165) is 60.8 Å². The molecule has 4 heteroatoms. The van der Waals surface area contributed by atoms with Crippen LogP contribution in [0.1, 0.15) is 16.7 Å². The molecule has 0 fully saturated rings. The molecule has 0 bridgehead atoms. The SMILES string of the molecule is C1=C(c2ccccc2)C2=CC2(c2cc3ccc(-c4ccc(-c5ccc6c(c5)c(-c5nc(-c7ccccc7)nc(-c7ccccc7)n5)cc5ccccc56)cc4)cc3c3ccccc23)N=C1c1ccccc1. The van der Waals surface area contributed by atoms with Crippen LogP contribution < -0.4 is 0 Å². The molecule has 0 spiro atoms. The van der Waals surface area contributed by atoms with Crippen molar-refractivity contribution >= 4 is 54.4 Å². The number of aliphatic imine (C=N–C) groups is 1. The lowest BCUT2D eigenvalue weighted by Gasteiger charge is -2.25. The van der Waals surface area contributed by atoms with E-state index in [0.29, 0.717) is 17.5 Å². The normalized spacial score (nSPS) is 15.1. The van der Waals surface area contributed by atoms with E-state index in [2.05, 4.69) is 218 Å². The molecule has 71 heavy (non-hydrogen) atoms. The summed E-state index contributed by atoms with van der Waals surface area (Å²) in [6.07, 6.45) is 4.63. The van der Waals surface area contributed by atoms with E-state index in [1.54, 1.807) is 0 Å². The van der Waals surface area contributed by atoms with Crippen molar-refractivity contribution in [1.82, 2.24) is 15.0 Å². The Labute approximate surface area is 411 Å². The molecule has 0 amide bonds. The van der Waals surface area contributed by atoms with E-state index in [1.807, 2.05) is 36.4 Å². The number of hydrogen-bond donors (Lipinski definition) is 0. The molecule has 1 aliphatic carbocycles. The van der Waals surface area contributed by atoms with E-state index >= 15 is 0 Å². The Morgan fingerprint density at radius 3 is 1.42 bits per heavy atom. The highest BCUT2D eigenvalue weighted by Gasteiger charge is 2.50. The van der Waals surface area contributed by atoms with Crippen molar-refractivity contribution in [3.63, 3.8) is 0 Å². The van der Waals surface area contributed by atoms with Crippen molar-refractivity contribution in [3.05, 3.63) is 277 Å². The van der Waals surface area contributed by atoms with E-state index < -0.39 is 5.54 Å². The molecule has 2 heterocycles. The van der Waals surface area contributed by atoms with Gasteiger partial charge in [-0.25, -0.2) is 15.0 Å². The van der Waals surface area contributed by atoms with Crippen LogP contribution in [0.3, 0.4) is 0 Å². The first-order chi connectivity index (χ1) is 35.1. The highest BCUT2D eigenvalue weighted by Crippen LogP contribution is 2.58. The smallest absolute Gasteiger partial charge is 0.164 e. The standard InChI is InChI=1S/C67H42N4/c1-5-17-45(18-6-1)58-41-63(46-19-7-2-8-20-46)71-67(42-62(58)67)61-40-52-34-33-49(37-57(52)54-27-15-16-28-56(54)61)43-29-31-44(32-30-43)50-35-36-55-53-26-14-13-25-51(53)39-60(59(55)38-50)66-69-64(47-21-9-3-10-22-47)68-65(70-66)48-23-11-4-12-24-48/h1-42H. The lowest BCUT2D eigenvalue weighted by Crippen LogP contribution is -2.18. The van der Waals surface area contributed by atoms with Gasteiger partial charge in [-0.05, 0) is 130 Å². The monoisotopic (exact) mass is 902 g/mol. The molecule has 1 unspecified atom stereocenters. The number of rotatable bonds is 8. The second kappa shape index (κ2) is 16.4. The van der Waals surface area contributed by atoms with Crippen LogP contribution in [0.2, 0.25) is 0 Å². The summed E-state index contributed by atoms with van der Waals surface area (Å²) >= 11 is 0. The summed E-state index contributed by atoms with van der Waals surface area (Å²) < 4.78 is 0.